The normalized spacial score (nSPS) is 11.1. The van der Waals surface area contributed by atoms with Crippen LogP contribution >= 0.6 is 0 Å². The fraction of sp³-hybridized carbons (Fsp3) is 0.311. The van der Waals surface area contributed by atoms with Gasteiger partial charge in [-0.05, 0) is 77.9 Å². The Kier molecular flexibility index (Phi) is 20.8. The molecule has 3 aromatic heterocycles. The summed E-state index contributed by atoms with van der Waals surface area (Å²) in [5, 5.41) is 14.4. The smallest absolute Gasteiger partial charge is 0.248 e. The molecule has 0 bridgehead atoms. The third kappa shape index (κ3) is 14.9. The van der Waals surface area contributed by atoms with E-state index in [4.69, 9.17) is 32.4 Å². The monoisotopic (exact) mass is 905 g/mol. The summed E-state index contributed by atoms with van der Waals surface area (Å²) in [6.07, 6.45) is 10.2. The lowest BCUT2D eigenvalue weighted by Crippen LogP contribution is -2.33. The van der Waals surface area contributed by atoms with E-state index < -0.39 is 11.8 Å². The van der Waals surface area contributed by atoms with Crippen molar-refractivity contribution in [2.45, 2.75) is 47.3 Å². The van der Waals surface area contributed by atoms with Crippen LogP contribution in [-0.2, 0) is 24.4 Å². The molecule has 21 nitrogen and oxygen atoms in total. The summed E-state index contributed by atoms with van der Waals surface area (Å²) in [5.74, 6) is 6.16. The van der Waals surface area contributed by atoms with Gasteiger partial charge in [0.2, 0.25) is 17.8 Å². The summed E-state index contributed by atoms with van der Waals surface area (Å²) in [6.45, 7) is 14.1. The topological polar surface area (TPSA) is 296 Å². The van der Waals surface area contributed by atoms with Gasteiger partial charge in [-0.3, -0.25) is 38.5 Å². The number of hydrogen-bond donors (Lipinski definition) is 6. The summed E-state index contributed by atoms with van der Waals surface area (Å²) in [4.78, 5) is 59.1. The van der Waals surface area contributed by atoms with Gasteiger partial charge in [0, 0.05) is 56.2 Å². The van der Waals surface area contributed by atoms with Crippen LogP contribution in [0.25, 0.3) is 11.0 Å². The number of nitrogens with zero attached hydrogens (tertiary/aromatic N) is 9. The van der Waals surface area contributed by atoms with Crippen molar-refractivity contribution in [1.29, 1.82) is 0 Å². The lowest BCUT2D eigenvalue weighted by molar-refractivity contribution is -0.102. The predicted molar refractivity (Wildman–Crippen MR) is 259 cm³/mol. The van der Waals surface area contributed by atoms with Crippen LogP contribution in [0.2, 0.25) is 0 Å². The lowest BCUT2D eigenvalue weighted by Gasteiger charge is -2.27. The molecule has 0 aliphatic heterocycles. The van der Waals surface area contributed by atoms with Gasteiger partial charge in [-0.15, -0.1) is 0 Å². The number of aliphatic imine (C=N–C) groups is 2. The largest absolute Gasteiger partial charge is 0.494 e. The molecule has 2 amide bonds. The maximum atomic E-state index is 12.1. The highest BCUT2D eigenvalue weighted by Crippen LogP contribution is 2.39. The Morgan fingerprint density at radius 3 is 2.27 bits per heavy atom. The number of methoxy groups -OCH3 is 1. The summed E-state index contributed by atoms with van der Waals surface area (Å²) in [7, 11) is 5.10. The van der Waals surface area contributed by atoms with Crippen LogP contribution < -0.4 is 47.9 Å². The SMILES string of the molecule is C=Nc1cc(C(N)=O)cc(OCC#CCn2cc(N)cn2)c1N(C/C=C/Cn1c(NC)nc2cc(C(N)=O)cc(OC)c21)CNC.CCN=C(C=O)/C=C(/C)N.CCn1nc(C)cc1C=O. The van der Waals surface area contributed by atoms with E-state index in [2.05, 4.69) is 54.4 Å². The molecule has 350 valence electrons. The molecule has 0 aliphatic carbocycles. The van der Waals surface area contributed by atoms with E-state index in [0.29, 0.717) is 107 Å². The number of allylic oxidation sites excluding steroid dienone is 3. The second-order valence-electron chi connectivity index (χ2n) is 13.9. The number of nitrogen functional groups attached to an aromatic ring is 1. The highest BCUT2D eigenvalue weighted by molar-refractivity contribution is 6.33. The van der Waals surface area contributed by atoms with E-state index in [-0.39, 0.29) is 12.2 Å². The molecule has 21 heteroatoms. The summed E-state index contributed by atoms with van der Waals surface area (Å²) in [5.41, 5.74) is 28.0. The van der Waals surface area contributed by atoms with Gasteiger partial charge in [0.15, 0.2) is 12.6 Å². The van der Waals surface area contributed by atoms with E-state index in [1.54, 1.807) is 72.1 Å². The molecule has 0 aliphatic rings. The molecule has 0 saturated heterocycles. The number of imidazole rings is 1. The molecule has 0 unspecified atom stereocenters. The number of nitrogens with two attached hydrogens (primary N) is 4. The average molecular weight is 906 g/mol. The first-order valence-corrected chi connectivity index (χ1v) is 20.5. The van der Waals surface area contributed by atoms with Crippen molar-refractivity contribution < 1.29 is 28.7 Å². The summed E-state index contributed by atoms with van der Waals surface area (Å²) >= 11 is 0. The Labute approximate surface area is 383 Å². The number of ether oxygens (including phenoxy) is 2. The van der Waals surface area contributed by atoms with Gasteiger partial charge in [-0.25, -0.2) is 4.98 Å². The highest BCUT2D eigenvalue weighted by atomic mass is 16.5. The molecule has 5 aromatic rings. The van der Waals surface area contributed by atoms with E-state index >= 15 is 0 Å². The number of amides is 2. The first-order valence-electron chi connectivity index (χ1n) is 20.5. The molecule has 3 heterocycles. The van der Waals surface area contributed by atoms with Gasteiger partial charge in [0.05, 0.1) is 48.3 Å². The zero-order valence-electron chi connectivity index (χ0n) is 38.4. The van der Waals surface area contributed by atoms with Crippen LogP contribution in [0.15, 0.2) is 76.6 Å². The fourth-order valence-corrected chi connectivity index (χ4v) is 6.20. The molecule has 0 saturated carbocycles. The Balaban J connectivity index is 0.000000474. The van der Waals surface area contributed by atoms with Crippen molar-refractivity contribution >= 4 is 70.9 Å². The van der Waals surface area contributed by atoms with Gasteiger partial charge in [-0.2, -0.15) is 10.2 Å². The number of benzene rings is 2. The third-order valence-corrected chi connectivity index (χ3v) is 9.00. The van der Waals surface area contributed by atoms with Crippen LogP contribution in [-0.4, -0.2) is 113 Å². The lowest BCUT2D eigenvalue weighted by atomic mass is 10.1. The Morgan fingerprint density at radius 1 is 1.02 bits per heavy atom. The van der Waals surface area contributed by atoms with Gasteiger partial charge in [-0.1, -0.05) is 24.0 Å². The van der Waals surface area contributed by atoms with Crippen molar-refractivity contribution in [3.05, 3.63) is 89.2 Å². The van der Waals surface area contributed by atoms with E-state index in [9.17, 15) is 19.2 Å². The van der Waals surface area contributed by atoms with Crippen molar-refractivity contribution in [2.75, 3.05) is 63.5 Å². The molecule has 0 atom stereocenters. The van der Waals surface area contributed by atoms with Gasteiger partial charge < -0.3 is 52.5 Å². The van der Waals surface area contributed by atoms with Gasteiger partial charge in [0.25, 0.3) is 0 Å². The Bertz CT molecular complexity index is 2620. The van der Waals surface area contributed by atoms with Crippen LogP contribution in [0.1, 0.15) is 57.7 Å². The Morgan fingerprint density at radius 2 is 1.73 bits per heavy atom. The van der Waals surface area contributed by atoms with Crippen LogP contribution in [0.3, 0.4) is 0 Å². The number of aldehydes is 2. The third-order valence-electron chi connectivity index (χ3n) is 9.00. The zero-order chi connectivity index (χ0) is 48.8. The number of aromatic nitrogens is 6. The molecule has 0 radical (unpaired) electrons. The molecule has 66 heavy (non-hydrogen) atoms. The van der Waals surface area contributed by atoms with Crippen LogP contribution in [0.4, 0.5) is 23.0 Å². The number of aryl methyl sites for hydroxylation is 2. The minimum atomic E-state index is -0.630. The number of primary amides is 2. The number of anilines is 3. The number of rotatable bonds is 20. The van der Waals surface area contributed by atoms with E-state index in [1.807, 2.05) is 49.4 Å². The summed E-state index contributed by atoms with van der Waals surface area (Å²) < 4.78 is 16.8. The predicted octanol–water partition coefficient (Wildman–Crippen LogP) is 3.25. The number of nitrogens with one attached hydrogen (secondary N) is 2. The molecular weight excluding hydrogens is 847 g/mol. The molecule has 0 fully saturated rings. The first kappa shape index (κ1) is 52.1. The second kappa shape index (κ2) is 26.4. The van der Waals surface area contributed by atoms with Gasteiger partial charge >= 0.3 is 0 Å². The van der Waals surface area contributed by atoms with Crippen molar-refractivity contribution in [1.82, 2.24) is 34.4 Å². The fourth-order valence-electron chi connectivity index (χ4n) is 6.20. The molecule has 10 N–H and O–H groups in total. The number of carbonyl (C=O) groups is 4. The first-order chi connectivity index (χ1) is 31.7. The number of hydrogen-bond acceptors (Lipinski definition) is 16. The molecule has 5 rings (SSSR count). The highest BCUT2D eigenvalue weighted by Gasteiger charge is 2.20. The van der Waals surface area contributed by atoms with E-state index in [1.165, 1.54) is 7.11 Å². The van der Waals surface area contributed by atoms with Crippen molar-refractivity contribution in [3.63, 3.8) is 0 Å². The summed E-state index contributed by atoms with van der Waals surface area (Å²) in [6, 6.07) is 8.14. The Hall–Kier alpha value is -8.25. The maximum absolute atomic E-state index is 12.1. The number of fused-ring (bicyclic) bond motifs is 1. The average Bonchev–Trinajstić information content (AvgIpc) is 4.01. The van der Waals surface area contributed by atoms with Crippen molar-refractivity contribution in [3.8, 4) is 23.3 Å². The molecule has 2 aromatic carbocycles. The second-order valence-corrected chi connectivity index (χ2v) is 13.9. The maximum Gasteiger partial charge on any atom is 0.248 e. The number of carbonyl (C=O) groups excluding carboxylic acids is 4. The molecule has 0 spiro atoms. The minimum Gasteiger partial charge on any atom is -0.494 e. The standard InChI is InChI=1S/C31H37N11O4.C7H10N2O.C7H12N2O/c1-35-19-40(9-5-6-11-42-28-24(39-31(42)37-3)14-21(30(34)44)15-25(28)45-4)27-23(36-2)13-20(29(33)43)16-26(27)46-12-8-7-10-41-18-22(32)17-38-41;1-3-9-7(5-10)4-6(2)8-9;1-3-9-7(5-10)4-6(2)8/h5-6,13-18,35H,2,9-12,19,32H2,1,3-4H3,(H2,33,43)(H2,34,44)(H,37,39);4-5H,3H2,1-2H3;4-5H,3,8H2,1-2H3/b6-5+;;6-4-,9-7?. The molecular formula is C45H59N15O6. The van der Waals surface area contributed by atoms with Crippen molar-refractivity contribution in [2.24, 2.45) is 27.2 Å². The minimum absolute atomic E-state index is 0.0333. The zero-order valence-corrected chi connectivity index (χ0v) is 38.4. The van der Waals surface area contributed by atoms with Gasteiger partial charge in [0.1, 0.15) is 41.5 Å². The van der Waals surface area contributed by atoms with E-state index in [0.717, 1.165) is 18.5 Å². The van der Waals surface area contributed by atoms with Crippen LogP contribution in [0.5, 0.6) is 11.5 Å². The quantitative estimate of drug-likeness (QED) is 0.0215. The van der Waals surface area contributed by atoms with Crippen LogP contribution in [0, 0.1) is 18.8 Å².